The Morgan fingerprint density at radius 2 is 1.97 bits per heavy atom. The number of carbonyl (C=O) groups excluding carboxylic acids is 1. The average Bonchev–Trinajstić information content (AvgIpc) is 3.35. The van der Waals surface area contributed by atoms with Gasteiger partial charge in [-0.15, -0.1) is 0 Å². The lowest BCUT2D eigenvalue weighted by atomic mass is 10.2. The van der Waals surface area contributed by atoms with Gasteiger partial charge in [0.05, 0.1) is 6.54 Å². The monoisotopic (exact) mass is 413 g/mol. The van der Waals surface area contributed by atoms with Crippen molar-refractivity contribution in [3.8, 4) is 0 Å². The first-order valence-corrected chi connectivity index (χ1v) is 10.8. The van der Waals surface area contributed by atoms with E-state index in [0.717, 1.165) is 57.8 Å². The molecule has 2 aliphatic heterocycles. The molecular weight excluding hydrogens is 382 g/mol. The number of hydrogen-bond donors (Lipinski definition) is 0. The van der Waals surface area contributed by atoms with E-state index in [1.165, 1.54) is 5.56 Å². The van der Waals surface area contributed by atoms with Crippen LogP contribution >= 0.6 is 0 Å². The van der Waals surface area contributed by atoms with E-state index in [1.54, 1.807) is 7.11 Å². The van der Waals surface area contributed by atoms with Gasteiger partial charge in [0.25, 0.3) is 0 Å². The van der Waals surface area contributed by atoms with E-state index in [1.807, 2.05) is 24.0 Å². The molecule has 1 saturated heterocycles. The topological polar surface area (TPSA) is 74.9 Å². The van der Waals surface area contributed by atoms with Crippen molar-refractivity contribution in [2.75, 3.05) is 51.3 Å². The zero-order chi connectivity index (χ0) is 20.9. The molecule has 1 aromatic carbocycles. The second kappa shape index (κ2) is 9.68. The number of aromatic nitrogens is 2. The molecule has 8 nitrogen and oxygen atoms in total. The number of rotatable bonds is 7. The van der Waals surface area contributed by atoms with E-state index < -0.39 is 0 Å². The van der Waals surface area contributed by atoms with Crippen LogP contribution < -0.4 is 4.90 Å². The number of ether oxygens (including phenoxy) is 1. The Balaban J connectivity index is 1.24. The van der Waals surface area contributed by atoms with Gasteiger partial charge in [-0.3, -0.25) is 9.69 Å². The van der Waals surface area contributed by atoms with Crippen LogP contribution in [0, 0.1) is 0 Å². The molecule has 4 rings (SSSR count). The first-order chi connectivity index (χ1) is 14.6. The third-order valence-electron chi connectivity index (χ3n) is 6.07. The van der Waals surface area contributed by atoms with E-state index in [0.29, 0.717) is 24.7 Å². The minimum Gasteiger partial charge on any atom is -0.374 e. The van der Waals surface area contributed by atoms with Crippen LogP contribution in [0.5, 0.6) is 0 Å². The van der Waals surface area contributed by atoms with Crippen LogP contribution in [-0.2, 0) is 22.5 Å². The number of para-hydroxylation sites is 1. The molecule has 1 amide bonds. The maximum atomic E-state index is 12.8. The van der Waals surface area contributed by atoms with Crippen molar-refractivity contribution in [1.82, 2.24) is 19.9 Å². The molecule has 0 spiro atoms. The zero-order valence-electron chi connectivity index (χ0n) is 17.9. The van der Waals surface area contributed by atoms with Gasteiger partial charge < -0.3 is 19.1 Å². The Labute approximate surface area is 177 Å². The number of benzene rings is 1. The van der Waals surface area contributed by atoms with Gasteiger partial charge in [-0.25, -0.2) is 0 Å². The summed E-state index contributed by atoms with van der Waals surface area (Å²) in [4.78, 5) is 23.9. The molecular formula is C22H31N5O3. The standard InChI is InChI=1S/C22H31N5O3/c1-17(29-2)22-23-20(30-24-22)16-26-11-5-10-25(14-15-26)12-9-21(28)27-13-8-18-6-3-4-7-19(18)27/h3-4,6-7,17H,5,8-16H2,1-2H3/t17-/m0/s1. The first kappa shape index (κ1) is 21.0. The van der Waals surface area contributed by atoms with Crippen LogP contribution in [0.3, 0.4) is 0 Å². The molecule has 0 unspecified atom stereocenters. The maximum absolute atomic E-state index is 12.8. The molecule has 2 aliphatic rings. The molecule has 1 fully saturated rings. The zero-order valence-corrected chi connectivity index (χ0v) is 17.9. The summed E-state index contributed by atoms with van der Waals surface area (Å²) in [6, 6.07) is 8.23. The molecule has 0 saturated carbocycles. The maximum Gasteiger partial charge on any atom is 0.240 e. The van der Waals surface area contributed by atoms with Gasteiger partial charge in [-0.2, -0.15) is 4.98 Å². The lowest BCUT2D eigenvalue weighted by Gasteiger charge is -2.23. The highest BCUT2D eigenvalue weighted by molar-refractivity contribution is 5.95. The van der Waals surface area contributed by atoms with Crippen LogP contribution in [0.15, 0.2) is 28.8 Å². The predicted molar refractivity (Wildman–Crippen MR) is 113 cm³/mol. The summed E-state index contributed by atoms with van der Waals surface area (Å²) in [7, 11) is 1.64. The number of nitrogens with zero attached hydrogens (tertiary/aromatic N) is 5. The van der Waals surface area contributed by atoms with Crippen molar-refractivity contribution in [3.63, 3.8) is 0 Å². The number of hydrogen-bond acceptors (Lipinski definition) is 7. The average molecular weight is 414 g/mol. The summed E-state index contributed by atoms with van der Waals surface area (Å²) < 4.78 is 10.6. The number of amides is 1. The second-order valence-electron chi connectivity index (χ2n) is 8.07. The quantitative estimate of drug-likeness (QED) is 0.689. The fraction of sp³-hybridized carbons (Fsp3) is 0.591. The summed E-state index contributed by atoms with van der Waals surface area (Å²) in [5.41, 5.74) is 2.37. The number of anilines is 1. The Morgan fingerprint density at radius 3 is 2.83 bits per heavy atom. The summed E-state index contributed by atoms with van der Waals surface area (Å²) >= 11 is 0. The molecule has 0 radical (unpaired) electrons. The van der Waals surface area contributed by atoms with E-state index in [9.17, 15) is 4.79 Å². The molecule has 1 aromatic heterocycles. The lowest BCUT2D eigenvalue weighted by molar-refractivity contribution is -0.118. The summed E-state index contributed by atoms with van der Waals surface area (Å²) in [5.74, 6) is 1.45. The summed E-state index contributed by atoms with van der Waals surface area (Å²) in [6.07, 6.45) is 2.43. The predicted octanol–water partition coefficient (Wildman–Crippen LogP) is 2.26. The Kier molecular flexibility index (Phi) is 6.76. The molecule has 30 heavy (non-hydrogen) atoms. The van der Waals surface area contributed by atoms with Gasteiger partial charge in [0.15, 0.2) is 5.82 Å². The second-order valence-corrected chi connectivity index (χ2v) is 8.07. The highest BCUT2D eigenvalue weighted by Crippen LogP contribution is 2.27. The van der Waals surface area contributed by atoms with E-state index >= 15 is 0 Å². The highest BCUT2D eigenvalue weighted by Gasteiger charge is 2.25. The van der Waals surface area contributed by atoms with Gasteiger partial charge in [-0.05, 0) is 44.5 Å². The van der Waals surface area contributed by atoms with Crippen molar-refractivity contribution >= 4 is 11.6 Å². The molecule has 1 atom stereocenters. The minimum absolute atomic E-state index is 0.165. The smallest absolute Gasteiger partial charge is 0.240 e. The number of carbonyl (C=O) groups is 1. The van der Waals surface area contributed by atoms with Crippen molar-refractivity contribution in [3.05, 3.63) is 41.5 Å². The first-order valence-electron chi connectivity index (χ1n) is 10.8. The van der Waals surface area contributed by atoms with Crippen molar-refractivity contribution in [2.24, 2.45) is 0 Å². The third-order valence-corrected chi connectivity index (χ3v) is 6.07. The molecule has 162 valence electrons. The Bertz CT molecular complexity index is 855. The SMILES string of the molecule is CO[C@@H](C)c1noc(CN2CCCN(CCC(=O)N3CCc4ccccc43)CC2)n1. The van der Waals surface area contributed by atoms with Crippen LogP contribution in [0.4, 0.5) is 5.69 Å². The number of fused-ring (bicyclic) bond motifs is 1. The molecule has 8 heteroatoms. The minimum atomic E-state index is -0.165. The van der Waals surface area contributed by atoms with Crippen LogP contribution in [0.25, 0.3) is 0 Å². The van der Waals surface area contributed by atoms with Gasteiger partial charge in [-0.1, -0.05) is 23.4 Å². The van der Waals surface area contributed by atoms with Crippen LogP contribution in [0.1, 0.15) is 43.1 Å². The normalized spacial score (nSPS) is 18.9. The van der Waals surface area contributed by atoms with E-state index in [4.69, 9.17) is 9.26 Å². The molecule has 2 aromatic rings. The van der Waals surface area contributed by atoms with Gasteiger partial charge >= 0.3 is 0 Å². The van der Waals surface area contributed by atoms with Crippen molar-refractivity contribution < 1.29 is 14.1 Å². The Morgan fingerprint density at radius 1 is 1.17 bits per heavy atom. The molecule has 0 N–H and O–H groups in total. The fourth-order valence-corrected chi connectivity index (χ4v) is 4.19. The van der Waals surface area contributed by atoms with Crippen LogP contribution in [-0.4, -0.2) is 72.2 Å². The van der Waals surface area contributed by atoms with Gasteiger partial charge in [0.2, 0.25) is 11.8 Å². The lowest BCUT2D eigenvalue weighted by Crippen LogP contribution is -2.35. The summed E-state index contributed by atoms with van der Waals surface area (Å²) in [6.45, 7) is 8.04. The molecule has 0 bridgehead atoms. The third kappa shape index (κ3) is 4.88. The van der Waals surface area contributed by atoms with Gasteiger partial charge in [0, 0.05) is 45.4 Å². The molecule has 3 heterocycles. The molecule has 0 aliphatic carbocycles. The van der Waals surface area contributed by atoms with Crippen molar-refractivity contribution in [2.45, 2.75) is 38.8 Å². The van der Waals surface area contributed by atoms with Crippen LogP contribution in [0.2, 0.25) is 0 Å². The highest BCUT2D eigenvalue weighted by atomic mass is 16.5. The van der Waals surface area contributed by atoms with E-state index in [-0.39, 0.29) is 12.0 Å². The van der Waals surface area contributed by atoms with Gasteiger partial charge in [0.1, 0.15) is 6.10 Å². The van der Waals surface area contributed by atoms with E-state index in [2.05, 4.69) is 32.1 Å². The largest absolute Gasteiger partial charge is 0.374 e. The van der Waals surface area contributed by atoms with Crippen molar-refractivity contribution in [1.29, 1.82) is 0 Å². The fourth-order valence-electron chi connectivity index (χ4n) is 4.19. The summed E-state index contributed by atoms with van der Waals surface area (Å²) in [5, 5.41) is 4.00. The Hall–Kier alpha value is -2.29. The number of methoxy groups -OCH3 is 1.